The molecule has 76 valence electrons. The first-order valence-electron chi connectivity index (χ1n) is 4.39. The van der Waals surface area contributed by atoms with Gasteiger partial charge in [-0.15, -0.1) is 0 Å². The lowest BCUT2D eigenvalue weighted by atomic mass is 10.00. The normalized spacial score (nSPS) is 12.3. The third-order valence-electron chi connectivity index (χ3n) is 2.06. The Labute approximate surface area is 82.7 Å². The van der Waals surface area contributed by atoms with Crippen LogP contribution < -0.4 is 4.74 Å². The van der Waals surface area contributed by atoms with E-state index in [0.717, 1.165) is 0 Å². The third kappa shape index (κ3) is 1.92. The number of hydrogen-bond acceptors (Lipinski definition) is 2. The molecule has 1 unspecified atom stereocenters. The van der Waals surface area contributed by atoms with Crippen molar-refractivity contribution in [3.63, 3.8) is 0 Å². The van der Waals surface area contributed by atoms with Crippen LogP contribution in [0.2, 0.25) is 0 Å². The largest absolute Gasteiger partial charge is 0.496 e. The van der Waals surface area contributed by atoms with Gasteiger partial charge in [0.15, 0.2) is 5.78 Å². The van der Waals surface area contributed by atoms with E-state index in [4.69, 9.17) is 4.74 Å². The first-order valence-corrected chi connectivity index (χ1v) is 4.39. The zero-order valence-electron chi connectivity index (χ0n) is 8.50. The number of carbonyl (C=O) groups excluding carboxylic acids is 1. The standard InChI is InChI=1S/C11H13FO2/c1-7(12)11-9(8(2)13)5-4-6-10(11)14-3/h4-7H,1-3H3. The van der Waals surface area contributed by atoms with Gasteiger partial charge in [0.2, 0.25) is 0 Å². The summed E-state index contributed by atoms with van der Waals surface area (Å²) in [4.78, 5) is 11.2. The van der Waals surface area contributed by atoms with Crippen LogP contribution in [0.3, 0.4) is 0 Å². The van der Waals surface area contributed by atoms with Crippen molar-refractivity contribution in [2.75, 3.05) is 7.11 Å². The molecule has 0 heterocycles. The van der Waals surface area contributed by atoms with E-state index in [9.17, 15) is 9.18 Å². The molecule has 0 fully saturated rings. The molecular weight excluding hydrogens is 183 g/mol. The molecule has 1 atom stereocenters. The molecule has 14 heavy (non-hydrogen) atoms. The third-order valence-corrected chi connectivity index (χ3v) is 2.06. The maximum absolute atomic E-state index is 13.3. The van der Waals surface area contributed by atoms with E-state index >= 15 is 0 Å². The van der Waals surface area contributed by atoms with Crippen molar-refractivity contribution in [3.8, 4) is 5.75 Å². The zero-order valence-corrected chi connectivity index (χ0v) is 8.50. The van der Waals surface area contributed by atoms with Gasteiger partial charge in [-0.05, 0) is 19.9 Å². The molecule has 1 rings (SSSR count). The van der Waals surface area contributed by atoms with E-state index in [0.29, 0.717) is 16.9 Å². The number of Topliss-reactive ketones (excluding diaryl/α,β-unsaturated/α-hetero) is 1. The van der Waals surface area contributed by atoms with Gasteiger partial charge in [0.1, 0.15) is 11.9 Å². The number of benzene rings is 1. The first kappa shape index (κ1) is 10.7. The summed E-state index contributed by atoms with van der Waals surface area (Å²) in [5.41, 5.74) is 0.724. The number of ether oxygens (including phenoxy) is 1. The summed E-state index contributed by atoms with van der Waals surface area (Å²) in [5, 5.41) is 0. The minimum atomic E-state index is -1.20. The molecule has 1 aromatic rings. The van der Waals surface area contributed by atoms with Crippen LogP contribution in [0.4, 0.5) is 4.39 Å². The summed E-state index contributed by atoms with van der Waals surface area (Å²) < 4.78 is 18.3. The number of methoxy groups -OCH3 is 1. The fourth-order valence-electron chi connectivity index (χ4n) is 1.44. The Morgan fingerprint density at radius 1 is 1.50 bits per heavy atom. The summed E-state index contributed by atoms with van der Waals surface area (Å²) in [6, 6.07) is 4.94. The second-order valence-corrected chi connectivity index (χ2v) is 3.09. The maximum Gasteiger partial charge on any atom is 0.160 e. The van der Waals surface area contributed by atoms with Gasteiger partial charge in [-0.2, -0.15) is 0 Å². The lowest BCUT2D eigenvalue weighted by Crippen LogP contribution is -2.03. The highest BCUT2D eigenvalue weighted by molar-refractivity contribution is 5.96. The molecule has 0 spiro atoms. The lowest BCUT2D eigenvalue weighted by Gasteiger charge is -2.12. The Balaban J connectivity index is 3.35. The second kappa shape index (κ2) is 4.22. The Kier molecular flexibility index (Phi) is 3.23. The molecule has 1 aromatic carbocycles. The topological polar surface area (TPSA) is 26.3 Å². The van der Waals surface area contributed by atoms with Crippen molar-refractivity contribution in [1.29, 1.82) is 0 Å². The summed E-state index contributed by atoms with van der Waals surface area (Å²) in [6.07, 6.45) is -1.20. The van der Waals surface area contributed by atoms with Crippen LogP contribution in [0.25, 0.3) is 0 Å². The molecule has 0 saturated heterocycles. The Bertz CT molecular complexity index is 345. The van der Waals surface area contributed by atoms with Crippen molar-refractivity contribution < 1.29 is 13.9 Å². The van der Waals surface area contributed by atoms with E-state index in [2.05, 4.69) is 0 Å². The molecule has 0 radical (unpaired) electrons. The predicted molar refractivity (Wildman–Crippen MR) is 52.5 cm³/mol. The van der Waals surface area contributed by atoms with Crippen LogP contribution in [0.5, 0.6) is 5.75 Å². The summed E-state index contributed by atoms with van der Waals surface area (Å²) in [6.45, 7) is 2.81. The number of halogens is 1. The van der Waals surface area contributed by atoms with Crippen LogP contribution in [0, 0.1) is 0 Å². The van der Waals surface area contributed by atoms with Crippen molar-refractivity contribution in [2.24, 2.45) is 0 Å². The SMILES string of the molecule is COc1cccc(C(C)=O)c1C(C)F. The van der Waals surface area contributed by atoms with Crippen molar-refractivity contribution >= 4 is 5.78 Å². The molecule has 2 nitrogen and oxygen atoms in total. The number of hydrogen-bond donors (Lipinski definition) is 0. The lowest BCUT2D eigenvalue weighted by molar-refractivity contribution is 0.101. The average molecular weight is 196 g/mol. The molecule has 3 heteroatoms. The van der Waals surface area contributed by atoms with Crippen LogP contribution in [0.15, 0.2) is 18.2 Å². The van der Waals surface area contributed by atoms with Gasteiger partial charge in [-0.25, -0.2) is 4.39 Å². The Morgan fingerprint density at radius 3 is 2.57 bits per heavy atom. The Morgan fingerprint density at radius 2 is 2.14 bits per heavy atom. The molecule has 0 saturated carbocycles. The maximum atomic E-state index is 13.3. The van der Waals surface area contributed by atoms with Gasteiger partial charge in [0, 0.05) is 11.1 Å². The summed E-state index contributed by atoms with van der Waals surface area (Å²) in [5.74, 6) is 0.274. The van der Waals surface area contributed by atoms with Crippen molar-refractivity contribution in [3.05, 3.63) is 29.3 Å². The van der Waals surface area contributed by atoms with Gasteiger partial charge in [-0.3, -0.25) is 4.79 Å². The van der Waals surface area contributed by atoms with Crippen LogP contribution >= 0.6 is 0 Å². The number of carbonyl (C=O) groups is 1. The van der Waals surface area contributed by atoms with Crippen LogP contribution in [-0.2, 0) is 0 Å². The average Bonchev–Trinajstić information content (AvgIpc) is 2.16. The van der Waals surface area contributed by atoms with E-state index < -0.39 is 6.17 Å². The quantitative estimate of drug-likeness (QED) is 0.695. The molecule has 0 bridgehead atoms. The molecule has 0 aromatic heterocycles. The highest BCUT2D eigenvalue weighted by Crippen LogP contribution is 2.30. The van der Waals surface area contributed by atoms with Gasteiger partial charge >= 0.3 is 0 Å². The summed E-state index contributed by atoms with van der Waals surface area (Å²) >= 11 is 0. The highest BCUT2D eigenvalue weighted by Gasteiger charge is 2.17. The number of ketones is 1. The van der Waals surface area contributed by atoms with Gasteiger partial charge in [0.05, 0.1) is 7.11 Å². The van der Waals surface area contributed by atoms with Crippen molar-refractivity contribution in [2.45, 2.75) is 20.0 Å². The Hall–Kier alpha value is -1.38. The van der Waals surface area contributed by atoms with Gasteiger partial charge < -0.3 is 4.74 Å². The second-order valence-electron chi connectivity index (χ2n) is 3.09. The monoisotopic (exact) mass is 196 g/mol. The van der Waals surface area contributed by atoms with E-state index in [1.807, 2.05) is 0 Å². The minimum Gasteiger partial charge on any atom is -0.496 e. The zero-order chi connectivity index (χ0) is 10.7. The molecular formula is C11H13FO2. The summed E-state index contributed by atoms with van der Waals surface area (Å²) in [7, 11) is 1.46. The number of rotatable bonds is 3. The molecule has 0 amide bonds. The fraction of sp³-hybridized carbons (Fsp3) is 0.364. The fourth-order valence-corrected chi connectivity index (χ4v) is 1.44. The van der Waals surface area contributed by atoms with Crippen LogP contribution in [-0.4, -0.2) is 12.9 Å². The molecule has 0 N–H and O–H groups in total. The predicted octanol–water partition coefficient (Wildman–Crippen LogP) is 2.93. The molecule has 0 aliphatic heterocycles. The van der Waals surface area contributed by atoms with E-state index in [1.165, 1.54) is 21.0 Å². The van der Waals surface area contributed by atoms with Gasteiger partial charge in [-0.1, -0.05) is 12.1 Å². The smallest absolute Gasteiger partial charge is 0.160 e. The molecule has 0 aliphatic carbocycles. The van der Waals surface area contributed by atoms with E-state index in [-0.39, 0.29) is 5.78 Å². The molecule has 0 aliphatic rings. The minimum absolute atomic E-state index is 0.150. The first-order chi connectivity index (χ1) is 6.57. The number of alkyl halides is 1. The van der Waals surface area contributed by atoms with Crippen molar-refractivity contribution in [1.82, 2.24) is 0 Å². The van der Waals surface area contributed by atoms with E-state index in [1.54, 1.807) is 18.2 Å². The van der Waals surface area contributed by atoms with Crippen LogP contribution in [0.1, 0.15) is 35.9 Å². The highest BCUT2D eigenvalue weighted by atomic mass is 19.1. The van der Waals surface area contributed by atoms with Gasteiger partial charge in [0.25, 0.3) is 0 Å².